The van der Waals surface area contributed by atoms with Gasteiger partial charge >= 0.3 is 0 Å². The Bertz CT molecular complexity index is 254. The molecule has 0 aromatic heterocycles. The Labute approximate surface area is 120 Å². The summed E-state index contributed by atoms with van der Waals surface area (Å²) in [6.45, 7) is 6.68. The number of hydrogen-bond acceptors (Lipinski definition) is 2. The van der Waals surface area contributed by atoms with Crippen molar-refractivity contribution in [3.8, 4) is 0 Å². The Hall–Kier alpha value is -0.370. The molecule has 0 bridgehead atoms. The highest BCUT2D eigenvalue weighted by Crippen LogP contribution is 2.21. The van der Waals surface area contributed by atoms with Crippen molar-refractivity contribution in [2.45, 2.75) is 90.2 Å². The van der Waals surface area contributed by atoms with Crippen molar-refractivity contribution < 1.29 is 4.74 Å². The second-order valence-electron chi connectivity index (χ2n) is 6.82. The predicted molar refractivity (Wildman–Crippen MR) is 84.1 cm³/mol. The van der Waals surface area contributed by atoms with E-state index in [1.54, 1.807) is 7.11 Å². The third-order valence-corrected chi connectivity index (χ3v) is 4.43. The first-order valence-electron chi connectivity index (χ1n) is 8.10. The molecule has 0 aliphatic heterocycles. The number of methoxy groups -OCH3 is 1. The maximum absolute atomic E-state index is 5.45. The molecule has 1 fully saturated rings. The number of hydrogen-bond donors (Lipinski definition) is 0. The molecule has 2 nitrogen and oxygen atoms in total. The van der Waals surface area contributed by atoms with E-state index in [0.29, 0.717) is 6.04 Å². The molecule has 1 atom stereocenters. The third-order valence-electron chi connectivity index (χ3n) is 4.43. The van der Waals surface area contributed by atoms with E-state index < -0.39 is 0 Å². The van der Waals surface area contributed by atoms with Gasteiger partial charge in [0.25, 0.3) is 0 Å². The highest BCUT2D eigenvalue weighted by molar-refractivity contribution is 5.57. The van der Waals surface area contributed by atoms with Gasteiger partial charge < -0.3 is 4.74 Å². The maximum Gasteiger partial charge on any atom is 0.0622 e. The Balaban J connectivity index is 2.10. The number of nitrogens with zero attached hydrogens (tertiary/aromatic N) is 1. The molecule has 1 aliphatic carbocycles. The van der Waals surface area contributed by atoms with Crippen molar-refractivity contribution in [1.29, 1.82) is 0 Å². The molecular weight excluding hydrogens is 234 g/mol. The predicted octanol–water partition coefficient (Wildman–Crippen LogP) is 5.01. The first-order valence-corrected chi connectivity index (χ1v) is 8.10. The fourth-order valence-corrected chi connectivity index (χ4v) is 2.72. The van der Waals surface area contributed by atoms with Crippen LogP contribution in [-0.4, -0.2) is 25.0 Å². The molecule has 0 aromatic rings. The minimum absolute atomic E-state index is 0.0376. The van der Waals surface area contributed by atoms with Gasteiger partial charge in [0.1, 0.15) is 0 Å². The molecule has 0 spiro atoms. The van der Waals surface area contributed by atoms with Crippen LogP contribution in [0.15, 0.2) is 4.99 Å². The third kappa shape index (κ3) is 7.71. The Morgan fingerprint density at radius 3 is 2.58 bits per heavy atom. The molecule has 0 N–H and O–H groups in total. The van der Waals surface area contributed by atoms with E-state index in [4.69, 9.17) is 9.73 Å². The topological polar surface area (TPSA) is 21.6 Å². The minimum atomic E-state index is 0.0376. The zero-order chi connectivity index (χ0) is 14.1. The van der Waals surface area contributed by atoms with E-state index in [1.807, 2.05) is 0 Å². The van der Waals surface area contributed by atoms with Gasteiger partial charge in [-0.05, 0) is 51.7 Å². The second kappa shape index (κ2) is 8.73. The summed E-state index contributed by atoms with van der Waals surface area (Å²) >= 11 is 0. The standard InChI is InChI=1S/C17H33NO/c1-15(9-8-13-17(2,3)19-4)12-14-18-16-10-6-5-7-11-16/h14-16H,5-13H2,1-4H3. The molecule has 0 heterocycles. The van der Waals surface area contributed by atoms with Crippen LogP contribution >= 0.6 is 0 Å². The van der Waals surface area contributed by atoms with E-state index in [2.05, 4.69) is 27.0 Å². The monoisotopic (exact) mass is 267 g/mol. The fourth-order valence-electron chi connectivity index (χ4n) is 2.72. The van der Waals surface area contributed by atoms with Gasteiger partial charge in [0.05, 0.1) is 5.60 Å². The van der Waals surface area contributed by atoms with Crippen molar-refractivity contribution in [3.05, 3.63) is 0 Å². The molecule has 1 rings (SSSR count). The smallest absolute Gasteiger partial charge is 0.0622 e. The van der Waals surface area contributed by atoms with Crippen LogP contribution in [0.4, 0.5) is 0 Å². The zero-order valence-electron chi connectivity index (χ0n) is 13.5. The van der Waals surface area contributed by atoms with E-state index in [0.717, 1.165) is 18.8 Å². The zero-order valence-corrected chi connectivity index (χ0v) is 13.5. The molecule has 1 saturated carbocycles. The van der Waals surface area contributed by atoms with Crippen molar-refractivity contribution in [1.82, 2.24) is 0 Å². The van der Waals surface area contributed by atoms with Crippen LogP contribution in [0, 0.1) is 5.92 Å². The van der Waals surface area contributed by atoms with Crippen LogP contribution < -0.4 is 0 Å². The van der Waals surface area contributed by atoms with Crippen LogP contribution in [0.3, 0.4) is 0 Å². The van der Waals surface area contributed by atoms with Crippen molar-refractivity contribution >= 4 is 6.21 Å². The molecule has 2 heteroatoms. The highest BCUT2D eigenvalue weighted by Gasteiger charge is 2.16. The van der Waals surface area contributed by atoms with Gasteiger partial charge in [0.2, 0.25) is 0 Å². The second-order valence-corrected chi connectivity index (χ2v) is 6.82. The lowest BCUT2D eigenvalue weighted by molar-refractivity contribution is 0.0128. The first-order chi connectivity index (χ1) is 9.03. The van der Waals surface area contributed by atoms with Gasteiger partial charge in [0.15, 0.2) is 0 Å². The van der Waals surface area contributed by atoms with Crippen LogP contribution in [0.25, 0.3) is 0 Å². The van der Waals surface area contributed by atoms with Gasteiger partial charge in [-0.3, -0.25) is 4.99 Å². The van der Waals surface area contributed by atoms with E-state index in [-0.39, 0.29) is 5.60 Å². The molecular formula is C17H33NO. The van der Waals surface area contributed by atoms with E-state index >= 15 is 0 Å². The molecule has 19 heavy (non-hydrogen) atoms. The molecule has 0 aromatic carbocycles. The van der Waals surface area contributed by atoms with Crippen LogP contribution in [0.1, 0.15) is 78.6 Å². The van der Waals surface area contributed by atoms with Crippen LogP contribution in [-0.2, 0) is 4.74 Å². The number of aliphatic imine (C=N–C) groups is 1. The molecule has 0 saturated heterocycles. The summed E-state index contributed by atoms with van der Waals surface area (Å²) in [4.78, 5) is 4.75. The Kier molecular flexibility index (Phi) is 7.67. The summed E-state index contributed by atoms with van der Waals surface area (Å²) in [5.74, 6) is 0.750. The van der Waals surface area contributed by atoms with Crippen LogP contribution in [0.5, 0.6) is 0 Å². The van der Waals surface area contributed by atoms with Crippen molar-refractivity contribution in [2.24, 2.45) is 10.9 Å². The normalized spacial score (nSPS) is 20.0. The first kappa shape index (κ1) is 16.7. The number of ether oxygens (including phenoxy) is 1. The molecule has 0 radical (unpaired) electrons. The summed E-state index contributed by atoms with van der Waals surface area (Å²) < 4.78 is 5.45. The molecule has 0 amide bonds. The van der Waals surface area contributed by atoms with Gasteiger partial charge in [-0.2, -0.15) is 0 Å². The molecule has 1 aliphatic rings. The Morgan fingerprint density at radius 1 is 1.26 bits per heavy atom. The van der Waals surface area contributed by atoms with Crippen molar-refractivity contribution in [3.63, 3.8) is 0 Å². The minimum Gasteiger partial charge on any atom is -0.379 e. The van der Waals surface area contributed by atoms with Gasteiger partial charge in [-0.25, -0.2) is 0 Å². The average Bonchev–Trinajstić information content (AvgIpc) is 2.40. The SMILES string of the molecule is COC(C)(C)CCCC(C)CC=NC1CCCCC1. The quantitative estimate of drug-likeness (QED) is 0.566. The fraction of sp³-hybridized carbons (Fsp3) is 0.941. The summed E-state index contributed by atoms with van der Waals surface area (Å²) in [6, 6.07) is 0.633. The lowest BCUT2D eigenvalue weighted by atomic mass is 9.94. The summed E-state index contributed by atoms with van der Waals surface area (Å²) in [5.41, 5.74) is 0.0376. The lowest BCUT2D eigenvalue weighted by Gasteiger charge is -2.23. The van der Waals surface area contributed by atoms with Gasteiger partial charge in [-0.1, -0.05) is 39.0 Å². The summed E-state index contributed by atoms with van der Waals surface area (Å²) in [5, 5.41) is 0. The van der Waals surface area contributed by atoms with Crippen LogP contribution in [0.2, 0.25) is 0 Å². The summed E-state index contributed by atoms with van der Waals surface area (Å²) in [6.07, 6.45) is 13.8. The van der Waals surface area contributed by atoms with Gasteiger partial charge in [-0.15, -0.1) is 0 Å². The molecule has 112 valence electrons. The van der Waals surface area contributed by atoms with E-state index in [1.165, 1.54) is 44.9 Å². The molecule has 1 unspecified atom stereocenters. The Morgan fingerprint density at radius 2 is 1.95 bits per heavy atom. The highest BCUT2D eigenvalue weighted by atomic mass is 16.5. The average molecular weight is 267 g/mol. The number of rotatable bonds is 8. The van der Waals surface area contributed by atoms with E-state index in [9.17, 15) is 0 Å². The van der Waals surface area contributed by atoms with Crippen molar-refractivity contribution in [2.75, 3.05) is 7.11 Å². The van der Waals surface area contributed by atoms with Gasteiger partial charge in [0, 0.05) is 13.2 Å². The largest absolute Gasteiger partial charge is 0.379 e. The summed E-state index contributed by atoms with van der Waals surface area (Å²) in [7, 11) is 1.81. The maximum atomic E-state index is 5.45. The lowest BCUT2D eigenvalue weighted by Crippen LogP contribution is -2.22.